The number of likely N-dealkylation sites (N-methyl/N-ethyl adjacent to an activating group) is 1. The average Bonchev–Trinajstić information content (AvgIpc) is 2.56. The smallest absolute Gasteiger partial charge is 0.382 e. The zero-order valence-corrected chi connectivity index (χ0v) is 14.7. The van der Waals surface area contributed by atoms with E-state index in [0.717, 1.165) is 12.1 Å². The number of halogens is 4. The van der Waals surface area contributed by atoms with Gasteiger partial charge in [-0.2, -0.15) is 13.2 Å². The molecule has 0 radical (unpaired) electrons. The molecule has 0 spiro atoms. The standard InChI is InChI=1S/C18H18ClF3N2O2/c1-24(10-12-2-4-13(5-3-12)18(20,21)22)11-16(25)17(26)23-15-8-6-14(19)7-9-15/h2-9,16,25H,10-11H2,1H3,(H,23,26). The van der Waals surface area contributed by atoms with Crippen molar-refractivity contribution in [3.8, 4) is 0 Å². The molecule has 1 atom stereocenters. The molecule has 0 saturated heterocycles. The zero-order valence-electron chi connectivity index (χ0n) is 13.9. The normalized spacial score (nSPS) is 12.9. The molecule has 0 heterocycles. The summed E-state index contributed by atoms with van der Waals surface area (Å²) in [5.41, 5.74) is 0.431. The Hall–Kier alpha value is -2.09. The van der Waals surface area contributed by atoms with Crippen LogP contribution in [0, 0.1) is 0 Å². The van der Waals surface area contributed by atoms with Crippen LogP contribution in [0.1, 0.15) is 11.1 Å². The van der Waals surface area contributed by atoms with E-state index in [-0.39, 0.29) is 6.54 Å². The maximum Gasteiger partial charge on any atom is 0.416 e. The number of benzene rings is 2. The molecule has 4 nitrogen and oxygen atoms in total. The number of rotatable bonds is 6. The molecule has 1 amide bonds. The van der Waals surface area contributed by atoms with Crippen molar-refractivity contribution in [3.05, 3.63) is 64.7 Å². The summed E-state index contributed by atoms with van der Waals surface area (Å²) in [6, 6.07) is 11.2. The summed E-state index contributed by atoms with van der Waals surface area (Å²) in [5.74, 6) is -0.577. The second-order valence-electron chi connectivity index (χ2n) is 5.90. The second kappa shape index (κ2) is 8.53. The van der Waals surface area contributed by atoms with Gasteiger partial charge in [-0.15, -0.1) is 0 Å². The van der Waals surface area contributed by atoms with E-state index in [1.807, 2.05) is 0 Å². The van der Waals surface area contributed by atoms with Gasteiger partial charge in [0.25, 0.3) is 5.91 Å². The molecule has 0 fully saturated rings. The molecule has 8 heteroatoms. The maximum atomic E-state index is 12.5. The highest BCUT2D eigenvalue weighted by molar-refractivity contribution is 6.30. The molecule has 2 N–H and O–H groups in total. The van der Waals surface area contributed by atoms with Crippen molar-refractivity contribution in [2.45, 2.75) is 18.8 Å². The molecular weight excluding hydrogens is 369 g/mol. The lowest BCUT2D eigenvalue weighted by Gasteiger charge is -2.20. The lowest BCUT2D eigenvalue weighted by molar-refractivity contribution is -0.137. The Kier molecular flexibility index (Phi) is 6.63. The van der Waals surface area contributed by atoms with Crippen molar-refractivity contribution < 1.29 is 23.1 Å². The molecule has 0 saturated carbocycles. The number of anilines is 1. The van der Waals surface area contributed by atoms with Gasteiger partial charge in [0.05, 0.1) is 5.56 Å². The number of aliphatic hydroxyl groups is 1. The first kappa shape index (κ1) is 20.2. The minimum absolute atomic E-state index is 0.0282. The third kappa shape index (κ3) is 6.01. The van der Waals surface area contributed by atoms with Crippen molar-refractivity contribution in [2.24, 2.45) is 0 Å². The molecule has 0 aliphatic rings. The van der Waals surface area contributed by atoms with E-state index in [1.54, 1.807) is 36.2 Å². The van der Waals surface area contributed by atoms with Crippen molar-refractivity contribution >= 4 is 23.2 Å². The Labute approximate surface area is 154 Å². The van der Waals surface area contributed by atoms with Crippen molar-refractivity contribution in [1.29, 1.82) is 0 Å². The Morgan fingerprint density at radius 2 is 1.73 bits per heavy atom. The van der Waals surface area contributed by atoms with Gasteiger partial charge in [0.1, 0.15) is 6.10 Å². The molecule has 2 aromatic carbocycles. The van der Waals surface area contributed by atoms with Crippen LogP contribution in [0.4, 0.5) is 18.9 Å². The third-order valence-electron chi connectivity index (χ3n) is 3.63. The average molecular weight is 387 g/mol. The minimum Gasteiger partial charge on any atom is -0.382 e. The Morgan fingerprint density at radius 3 is 2.27 bits per heavy atom. The fourth-order valence-corrected chi connectivity index (χ4v) is 2.44. The van der Waals surface area contributed by atoms with E-state index < -0.39 is 23.8 Å². The molecule has 26 heavy (non-hydrogen) atoms. The van der Waals surface area contributed by atoms with Gasteiger partial charge in [0, 0.05) is 23.8 Å². The molecule has 2 rings (SSSR count). The number of alkyl halides is 3. The summed E-state index contributed by atoms with van der Waals surface area (Å²) >= 11 is 5.76. The monoisotopic (exact) mass is 386 g/mol. The van der Waals surface area contributed by atoms with Gasteiger partial charge in [-0.05, 0) is 49.0 Å². The van der Waals surface area contributed by atoms with Crippen LogP contribution in [0.15, 0.2) is 48.5 Å². The number of hydrogen-bond donors (Lipinski definition) is 2. The van der Waals surface area contributed by atoms with Gasteiger partial charge in [-0.3, -0.25) is 9.69 Å². The molecule has 0 bridgehead atoms. The number of carbonyl (C=O) groups is 1. The van der Waals surface area contributed by atoms with Gasteiger partial charge < -0.3 is 10.4 Å². The first-order chi connectivity index (χ1) is 12.1. The van der Waals surface area contributed by atoms with Crippen LogP contribution in [0.5, 0.6) is 0 Å². The molecule has 2 aromatic rings. The van der Waals surface area contributed by atoms with E-state index in [2.05, 4.69) is 5.32 Å². The fourth-order valence-electron chi connectivity index (χ4n) is 2.31. The lowest BCUT2D eigenvalue weighted by Crippen LogP contribution is -2.37. The Bertz CT molecular complexity index is 734. The topological polar surface area (TPSA) is 52.6 Å². The van der Waals surface area contributed by atoms with Crippen LogP contribution < -0.4 is 5.32 Å². The van der Waals surface area contributed by atoms with E-state index in [0.29, 0.717) is 22.8 Å². The third-order valence-corrected chi connectivity index (χ3v) is 3.88. The van der Waals surface area contributed by atoms with Crippen LogP contribution in [-0.2, 0) is 17.5 Å². The molecular formula is C18H18ClF3N2O2. The summed E-state index contributed by atoms with van der Waals surface area (Å²) in [6.45, 7) is 0.323. The number of hydrogen-bond acceptors (Lipinski definition) is 3. The lowest BCUT2D eigenvalue weighted by atomic mass is 10.1. The van der Waals surface area contributed by atoms with Gasteiger partial charge in [0.2, 0.25) is 0 Å². The summed E-state index contributed by atoms with van der Waals surface area (Å²) in [5, 5.41) is 13.1. The molecule has 0 aliphatic carbocycles. The molecule has 1 unspecified atom stereocenters. The quantitative estimate of drug-likeness (QED) is 0.794. The first-order valence-electron chi connectivity index (χ1n) is 7.74. The zero-order chi connectivity index (χ0) is 19.3. The highest BCUT2D eigenvalue weighted by Crippen LogP contribution is 2.29. The highest BCUT2D eigenvalue weighted by atomic mass is 35.5. The van der Waals surface area contributed by atoms with Crippen molar-refractivity contribution in [1.82, 2.24) is 4.90 Å². The van der Waals surface area contributed by atoms with E-state index in [1.165, 1.54) is 12.1 Å². The van der Waals surface area contributed by atoms with Gasteiger partial charge in [-0.1, -0.05) is 23.7 Å². The summed E-state index contributed by atoms with van der Waals surface area (Å²) in [4.78, 5) is 13.6. The number of aliphatic hydroxyl groups excluding tert-OH is 1. The summed E-state index contributed by atoms with van der Waals surface area (Å²) in [6.07, 6.45) is -5.66. The van der Waals surface area contributed by atoms with Crippen LogP contribution in [0.25, 0.3) is 0 Å². The SMILES string of the molecule is CN(Cc1ccc(C(F)(F)F)cc1)CC(O)C(=O)Nc1ccc(Cl)cc1. The van der Waals surface area contributed by atoms with Gasteiger partial charge in [-0.25, -0.2) is 0 Å². The van der Waals surface area contributed by atoms with E-state index in [9.17, 15) is 23.1 Å². The van der Waals surface area contributed by atoms with E-state index >= 15 is 0 Å². The molecule has 0 aliphatic heterocycles. The largest absolute Gasteiger partial charge is 0.416 e. The van der Waals surface area contributed by atoms with Gasteiger partial charge in [0.15, 0.2) is 0 Å². The highest BCUT2D eigenvalue weighted by Gasteiger charge is 2.30. The van der Waals surface area contributed by atoms with Crippen LogP contribution in [-0.4, -0.2) is 35.6 Å². The Morgan fingerprint density at radius 1 is 1.15 bits per heavy atom. The van der Waals surface area contributed by atoms with Crippen molar-refractivity contribution in [2.75, 3.05) is 18.9 Å². The van der Waals surface area contributed by atoms with Crippen LogP contribution >= 0.6 is 11.6 Å². The predicted octanol–water partition coefficient (Wildman–Crippen LogP) is 3.79. The number of amides is 1. The van der Waals surface area contributed by atoms with Crippen molar-refractivity contribution in [3.63, 3.8) is 0 Å². The summed E-state index contributed by atoms with van der Waals surface area (Å²) in [7, 11) is 1.66. The summed E-state index contributed by atoms with van der Waals surface area (Å²) < 4.78 is 37.6. The number of carbonyl (C=O) groups excluding carboxylic acids is 1. The van der Waals surface area contributed by atoms with Gasteiger partial charge >= 0.3 is 6.18 Å². The Balaban J connectivity index is 1.87. The van der Waals surface area contributed by atoms with E-state index in [4.69, 9.17) is 11.6 Å². The predicted molar refractivity (Wildman–Crippen MR) is 93.9 cm³/mol. The second-order valence-corrected chi connectivity index (χ2v) is 6.34. The van der Waals surface area contributed by atoms with Crippen LogP contribution in [0.3, 0.4) is 0 Å². The minimum atomic E-state index is -4.37. The molecule has 0 aromatic heterocycles. The first-order valence-corrected chi connectivity index (χ1v) is 8.12. The fraction of sp³-hybridized carbons (Fsp3) is 0.278. The number of nitrogens with zero attached hydrogens (tertiary/aromatic N) is 1. The number of nitrogens with one attached hydrogen (secondary N) is 1. The maximum absolute atomic E-state index is 12.5. The van der Waals surface area contributed by atoms with Crippen LogP contribution in [0.2, 0.25) is 5.02 Å². The molecule has 140 valence electrons.